The summed E-state index contributed by atoms with van der Waals surface area (Å²) in [6.07, 6.45) is 3.46. The van der Waals surface area contributed by atoms with Crippen molar-refractivity contribution in [3.63, 3.8) is 0 Å². The SMILES string of the molecule is Clc1ccc(-c2ccccc2-c2ncccn2)cc1Cl. The van der Waals surface area contributed by atoms with Crippen LogP contribution in [-0.2, 0) is 0 Å². The molecule has 0 radical (unpaired) electrons. The lowest BCUT2D eigenvalue weighted by molar-refractivity contribution is 1.18. The quantitative estimate of drug-likeness (QED) is 0.656. The van der Waals surface area contributed by atoms with E-state index >= 15 is 0 Å². The second kappa shape index (κ2) is 5.61. The summed E-state index contributed by atoms with van der Waals surface area (Å²) < 4.78 is 0. The first kappa shape index (κ1) is 13.1. The van der Waals surface area contributed by atoms with Crippen LogP contribution in [0, 0.1) is 0 Å². The standard InChI is InChI=1S/C16H10Cl2N2/c17-14-7-6-11(10-15(14)18)12-4-1-2-5-13(12)16-19-8-3-9-20-16/h1-10H. The third-order valence-corrected chi connectivity index (χ3v) is 3.70. The number of aromatic nitrogens is 2. The molecule has 0 unspecified atom stereocenters. The lowest BCUT2D eigenvalue weighted by atomic mass is 9.99. The molecular weight excluding hydrogens is 291 g/mol. The van der Waals surface area contributed by atoms with Crippen LogP contribution in [0.1, 0.15) is 0 Å². The van der Waals surface area contributed by atoms with Gasteiger partial charge in [-0.2, -0.15) is 0 Å². The van der Waals surface area contributed by atoms with Crippen LogP contribution in [0.3, 0.4) is 0 Å². The Morgan fingerprint density at radius 2 is 1.40 bits per heavy atom. The molecule has 20 heavy (non-hydrogen) atoms. The minimum absolute atomic E-state index is 0.535. The number of hydrogen-bond acceptors (Lipinski definition) is 2. The highest BCUT2D eigenvalue weighted by molar-refractivity contribution is 6.42. The molecule has 0 atom stereocenters. The maximum absolute atomic E-state index is 6.10. The summed E-state index contributed by atoms with van der Waals surface area (Å²) in [5.41, 5.74) is 2.98. The van der Waals surface area contributed by atoms with E-state index in [1.807, 2.05) is 36.4 Å². The first-order valence-corrected chi connectivity index (χ1v) is 6.83. The van der Waals surface area contributed by atoms with Gasteiger partial charge in [-0.1, -0.05) is 53.5 Å². The van der Waals surface area contributed by atoms with Gasteiger partial charge in [-0.25, -0.2) is 9.97 Å². The van der Waals surface area contributed by atoms with Gasteiger partial charge in [0.1, 0.15) is 0 Å². The highest BCUT2D eigenvalue weighted by Crippen LogP contribution is 2.33. The third kappa shape index (κ3) is 2.53. The van der Waals surface area contributed by atoms with E-state index in [1.54, 1.807) is 24.5 Å². The minimum atomic E-state index is 0.535. The van der Waals surface area contributed by atoms with Crippen LogP contribution in [-0.4, -0.2) is 9.97 Å². The molecule has 3 aromatic rings. The zero-order valence-corrected chi connectivity index (χ0v) is 11.9. The molecule has 0 saturated carbocycles. The summed E-state index contributed by atoms with van der Waals surface area (Å²) in [4.78, 5) is 8.61. The van der Waals surface area contributed by atoms with E-state index in [0.717, 1.165) is 16.7 Å². The molecule has 4 heteroatoms. The molecule has 0 spiro atoms. The Bertz CT molecular complexity index is 742. The average Bonchev–Trinajstić information content (AvgIpc) is 2.51. The van der Waals surface area contributed by atoms with E-state index in [2.05, 4.69) is 9.97 Å². The number of benzene rings is 2. The van der Waals surface area contributed by atoms with Crippen molar-refractivity contribution < 1.29 is 0 Å². The molecule has 0 amide bonds. The van der Waals surface area contributed by atoms with Crippen molar-refractivity contribution in [3.05, 3.63) is 71.0 Å². The summed E-state index contributed by atoms with van der Waals surface area (Å²) in [5.74, 6) is 0.689. The van der Waals surface area contributed by atoms with Gasteiger partial charge in [0.15, 0.2) is 5.82 Å². The maximum atomic E-state index is 6.10. The molecule has 1 heterocycles. The molecule has 2 nitrogen and oxygen atoms in total. The van der Waals surface area contributed by atoms with Crippen LogP contribution in [0.5, 0.6) is 0 Å². The van der Waals surface area contributed by atoms with E-state index in [-0.39, 0.29) is 0 Å². The van der Waals surface area contributed by atoms with Gasteiger partial charge < -0.3 is 0 Å². The lowest BCUT2D eigenvalue weighted by Gasteiger charge is -2.09. The zero-order valence-electron chi connectivity index (χ0n) is 10.4. The lowest BCUT2D eigenvalue weighted by Crippen LogP contribution is -1.90. The molecule has 0 N–H and O–H groups in total. The number of rotatable bonds is 2. The predicted octanol–water partition coefficient (Wildman–Crippen LogP) is 5.12. The summed E-state index contributed by atoms with van der Waals surface area (Å²) in [6, 6.07) is 15.3. The fourth-order valence-electron chi connectivity index (χ4n) is 2.03. The molecule has 98 valence electrons. The number of halogens is 2. The third-order valence-electron chi connectivity index (χ3n) is 2.96. The molecule has 0 fully saturated rings. The van der Waals surface area contributed by atoms with Crippen molar-refractivity contribution in [2.24, 2.45) is 0 Å². The topological polar surface area (TPSA) is 25.8 Å². The number of nitrogens with zero attached hydrogens (tertiary/aromatic N) is 2. The Hall–Kier alpha value is -1.90. The molecule has 0 aliphatic carbocycles. The van der Waals surface area contributed by atoms with Gasteiger partial charge in [-0.3, -0.25) is 0 Å². The second-order valence-electron chi connectivity index (χ2n) is 4.25. The highest BCUT2D eigenvalue weighted by atomic mass is 35.5. The van der Waals surface area contributed by atoms with Crippen molar-refractivity contribution in [1.82, 2.24) is 9.97 Å². The highest BCUT2D eigenvalue weighted by Gasteiger charge is 2.10. The van der Waals surface area contributed by atoms with Gasteiger partial charge in [0.2, 0.25) is 0 Å². The van der Waals surface area contributed by atoms with Gasteiger partial charge in [0.25, 0.3) is 0 Å². The summed E-state index contributed by atoms with van der Waals surface area (Å²) in [7, 11) is 0. The Balaban J connectivity index is 2.17. The monoisotopic (exact) mass is 300 g/mol. The Morgan fingerprint density at radius 1 is 0.700 bits per heavy atom. The molecule has 0 aliphatic heterocycles. The first-order valence-electron chi connectivity index (χ1n) is 6.07. The van der Waals surface area contributed by atoms with Crippen LogP contribution in [0.4, 0.5) is 0 Å². The molecule has 0 saturated heterocycles. The minimum Gasteiger partial charge on any atom is -0.237 e. The second-order valence-corrected chi connectivity index (χ2v) is 5.06. The van der Waals surface area contributed by atoms with E-state index in [9.17, 15) is 0 Å². The van der Waals surface area contributed by atoms with Crippen molar-refractivity contribution in [3.8, 4) is 22.5 Å². The Labute approximate surface area is 127 Å². The molecule has 0 aliphatic rings. The normalized spacial score (nSPS) is 10.5. The van der Waals surface area contributed by atoms with Crippen molar-refractivity contribution in [1.29, 1.82) is 0 Å². The van der Waals surface area contributed by atoms with Gasteiger partial charge in [0.05, 0.1) is 10.0 Å². The fourth-order valence-corrected chi connectivity index (χ4v) is 2.33. The van der Waals surface area contributed by atoms with Crippen molar-refractivity contribution >= 4 is 23.2 Å². The smallest absolute Gasteiger partial charge is 0.159 e. The van der Waals surface area contributed by atoms with E-state index < -0.39 is 0 Å². The van der Waals surface area contributed by atoms with Crippen molar-refractivity contribution in [2.75, 3.05) is 0 Å². The number of hydrogen-bond donors (Lipinski definition) is 0. The van der Waals surface area contributed by atoms with Gasteiger partial charge in [0, 0.05) is 18.0 Å². The van der Waals surface area contributed by atoms with Crippen LogP contribution >= 0.6 is 23.2 Å². The summed E-state index contributed by atoms with van der Waals surface area (Å²) in [5, 5.41) is 1.08. The van der Waals surface area contributed by atoms with E-state index in [4.69, 9.17) is 23.2 Å². The van der Waals surface area contributed by atoms with E-state index in [0.29, 0.717) is 15.9 Å². The van der Waals surface area contributed by atoms with Gasteiger partial charge in [-0.05, 0) is 29.3 Å². The Kier molecular flexibility index (Phi) is 3.68. The van der Waals surface area contributed by atoms with E-state index in [1.165, 1.54) is 0 Å². The Morgan fingerprint density at radius 3 is 2.10 bits per heavy atom. The van der Waals surface area contributed by atoms with Crippen LogP contribution in [0.25, 0.3) is 22.5 Å². The molecular formula is C16H10Cl2N2. The predicted molar refractivity (Wildman–Crippen MR) is 82.9 cm³/mol. The molecule has 1 aromatic heterocycles. The fraction of sp³-hybridized carbons (Fsp3) is 0. The van der Waals surface area contributed by atoms with Crippen molar-refractivity contribution in [2.45, 2.75) is 0 Å². The first-order chi connectivity index (χ1) is 9.75. The van der Waals surface area contributed by atoms with Crippen LogP contribution in [0.2, 0.25) is 10.0 Å². The van der Waals surface area contributed by atoms with Crippen LogP contribution in [0.15, 0.2) is 60.9 Å². The van der Waals surface area contributed by atoms with Gasteiger partial charge >= 0.3 is 0 Å². The largest absolute Gasteiger partial charge is 0.237 e. The molecule has 2 aromatic carbocycles. The average molecular weight is 301 g/mol. The summed E-state index contributed by atoms with van der Waals surface area (Å²) >= 11 is 12.1. The van der Waals surface area contributed by atoms with Crippen LogP contribution < -0.4 is 0 Å². The van der Waals surface area contributed by atoms with Gasteiger partial charge in [-0.15, -0.1) is 0 Å². The maximum Gasteiger partial charge on any atom is 0.159 e. The summed E-state index contributed by atoms with van der Waals surface area (Å²) in [6.45, 7) is 0. The molecule has 3 rings (SSSR count). The zero-order chi connectivity index (χ0) is 13.9. The molecule has 0 bridgehead atoms.